The highest BCUT2D eigenvalue weighted by Crippen LogP contribution is 2.41. The van der Waals surface area contributed by atoms with Crippen LogP contribution in [0.15, 0.2) is 188 Å². The maximum atomic E-state index is 9.60. The summed E-state index contributed by atoms with van der Waals surface area (Å²) in [6.07, 6.45) is 0. The minimum atomic E-state index is 0.529. The Bertz CT molecular complexity index is 3360. The fourth-order valence-corrected chi connectivity index (χ4v) is 9.38. The monoisotopic (exact) mass is 757 g/mol. The quantitative estimate of drug-likeness (QED) is 0.169. The lowest BCUT2D eigenvalue weighted by Gasteiger charge is -2.16. The Morgan fingerprint density at radius 3 is 1.76 bits per heavy atom. The Labute approximate surface area is 338 Å². The summed E-state index contributed by atoms with van der Waals surface area (Å²) >= 11 is 1.82. The van der Waals surface area contributed by atoms with E-state index in [0.29, 0.717) is 23.0 Å². The molecule has 0 amide bonds. The number of nitrogens with zero attached hydrogens (tertiary/aromatic N) is 5. The first kappa shape index (κ1) is 33.6. The third-order valence-electron chi connectivity index (χ3n) is 10.9. The average Bonchev–Trinajstić information content (AvgIpc) is 3.85. The van der Waals surface area contributed by atoms with Gasteiger partial charge in [-0.15, -0.1) is 11.3 Å². The molecule has 0 aliphatic heterocycles. The van der Waals surface area contributed by atoms with Crippen molar-refractivity contribution >= 4 is 53.3 Å². The van der Waals surface area contributed by atoms with Crippen LogP contribution in [0.4, 0.5) is 0 Å². The molecule has 11 aromatic rings. The first-order valence-corrected chi connectivity index (χ1v) is 20.0. The SMILES string of the molecule is N#Cc1ccc(-c2nc(-c3cccc(-c4cccc5c4sc4ccccc45)c3)nc(-c3ccc(-c4ccccc4)cc3-n3c4ccccc4c4ccccc43)n2)cc1. The molecule has 0 radical (unpaired) electrons. The van der Waals surface area contributed by atoms with Gasteiger partial charge in [0.05, 0.1) is 28.4 Å². The second-order valence-corrected chi connectivity index (χ2v) is 15.4. The molecular weight excluding hydrogens is 727 g/mol. The Morgan fingerprint density at radius 1 is 0.414 bits per heavy atom. The van der Waals surface area contributed by atoms with Gasteiger partial charge in [-0.25, -0.2) is 15.0 Å². The van der Waals surface area contributed by atoms with Crippen LogP contribution in [0.1, 0.15) is 5.56 Å². The highest BCUT2D eigenvalue weighted by molar-refractivity contribution is 7.26. The second-order valence-electron chi connectivity index (χ2n) is 14.3. The summed E-state index contributed by atoms with van der Waals surface area (Å²) in [7, 11) is 0. The highest BCUT2D eigenvalue weighted by atomic mass is 32.1. The van der Waals surface area contributed by atoms with Gasteiger partial charge in [-0.2, -0.15) is 5.26 Å². The minimum absolute atomic E-state index is 0.529. The van der Waals surface area contributed by atoms with E-state index in [0.717, 1.165) is 50.1 Å². The lowest BCUT2D eigenvalue weighted by atomic mass is 10.00. The first-order valence-electron chi connectivity index (χ1n) is 19.2. The smallest absolute Gasteiger partial charge is 0.166 e. The molecule has 0 aliphatic rings. The average molecular weight is 758 g/mol. The molecule has 0 fully saturated rings. The predicted octanol–water partition coefficient (Wildman–Crippen LogP) is 13.5. The highest BCUT2D eigenvalue weighted by Gasteiger charge is 2.21. The minimum Gasteiger partial charge on any atom is -0.308 e. The molecule has 0 bridgehead atoms. The van der Waals surface area contributed by atoms with Crippen molar-refractivity contribution in [2.24, 2.45) is 0 Å². The van der Waals surface area contributed by atoms with Crippen molar-refractivity contribution in [3.8, 4) is 68.2 Å². The molecule has 0 aliphatic carbocycles. The standard InChI is InChI=1S/C52H31N5S/c53-32-33-24-26-35(27-25-33)50-54-51(38-15-10-14-37(30-38)39-19-11-20-43-42-18-6-9-23-48(42)58-49(39)43)56-52(55-50)44-29-28-36(34-12-2-1-3-13-34)31-47(44)57-45-21-7-4-16-40(45)41-17-5-8-22-46(41)57/h1-31H. The van der Waals surface area contributed by atoms with Gasteiger partial charge in [-0.05, 0) is 82.9 Å². The molecule has 3 heterocycles. The van der Waals surface area contributed by atoms with Crippen molar-refractivity contribution in [2.45, 2.75) is 0 Å². The summed E-state index contributed by atoms with van der Waals surface area (Å²) in [4.78, 5) is 15.7. The van der Waals surface area contributed by atoms with E-state index in [2.05, 4.69) is 168 Å². The van der Waals surface area contributed by atoms with Crippen LogP contribution in [0.2, 0.25) is 0 Å². The van der Waals surface area contributed by atoms with Crippen molar-refractivity contribution in [3.05, 3.63) is 194 Å². The van der Waals surface area contributed by atoms with Gasteiger partial charge < -0.3 is 4.57 Å². The fourth-order valence-electron chi connectivity index (χ4n) is 8.15. The number of aromatic nitrogens is 4. The number of fused-ring (bicyclic) bond motifs is 6. The Kier molecular flexibility index (Phi) is 7.99. The molecule has 3 aromatic heterocycles. The first-order chi connectivity index (χ1) is 28.7. The van der Waals surface area contributed by atoms with Crippen LogP contribution >= 0.6 is 11.3 Å². The normalized spacial score (nSPS) is 11.4. The van der Waals surface area contributed by atoms with Gasteiger partial charge in [0.25, 0.3) is 0 Å². The number of hydrogen-bond donors (Lipinski definition) is 0. The van der Waals surface area contributed by atoms with E-state index < -0.39 is 0 Å². The number of rotatable bonds is 6. The van der Waals surface area contributed by atoms with Gasteiger partial charge in [0, 0.05) is 47.6 Å². The van der Waals surface area contributed by atoms with Crippen molar-refractivity contribution in [1.82, 2.24) is 19.5 Å². The van der Waals surface area contributed by atoms with E-state index in [1.54, 1.807) is 0 Å². The van der Waals surface area contributed by atoms with Gasteiger partial charge in [0.15, 0.2) is 17.5 Å². The summed E-state index contributed by atoms with van der Waals surface area (Å²) in [5.74, 6) is 1.65. The topological polar surface area (TPSA) is 67.4 Å². The Balaban J connectivity index is 1.15. The van der Waals surface area contributed by atoms with Crippen molar-refractivity contribution < 1.29 is 0 Å². The molecule has 58 heavy (non-hydrogen) atoms. The zero-order chi connectivity index (χ0) is 38.6. The molecule has 11 rings (SSSR count). The summed E-state index contributed by atoms with van der Waals surface area (Å²) in [6, 6.07) is 67.4. The van der Waals surface area contributed by atoms with Gasteiger partial charge in [-0.1, -0.05) is 127 Å². The van der Waals surface area contributed by atoms with E-state index in [1.807, 2.05) is 41.7 Å². The van der Waals surface area contributed by atoms with Gasteiger partial charge in [-0.3, -0.25) is 0 Å². The van der Waals surface area contributed by atoms with Crippen molar-refractivity contribution in [3.63, 3.8) is 0 Å². The van der Waals surface area contributed by atoms with Crippen molar-refractivity contribution in [2.75, 3.05) is 0 Å². The maximum absolute atomic E-state index is 9.60. The number of benzene rings is 8. The van der Waals surface area contributed by atoms with Gasteiger partial charge in [0.1, 0.15) is 0 Å². The molecule has 6 heteroatoms. The fraction of sp³-hybridized carbons (Fsp3) is 0. The van der Waals surface area contributed by atoms with Gasteiger partial charge in [0.2, 0.25) is 0 Å². The van der Waals surface area contributed by atoms with Crippen LogP contribution in [-0.2, 0) is 0 Å². The van der Waals surface area contributed by atoms with E-state index in [4.69, 9.17) is 15.0 Å². The van der Waals surface area contributed by atoms with Crippen molar-refractivity contribution in [1.29, 1.82) is 5.26 Å². The zero-order valence-corrected chi connectivity index (χ0v) is 31.9. The Hall–Kier alpha value is -7.72. The summed E-state index contributed by atoms with van der Waals surface area (Å²) in [5, 5.41) is 14.5. The lowest BCUT2D eigenvalue weighted by molar-refractivity contribution is 1.06. The molecular formula is C52H31N5S. The van der Waals surface area contributed by atoms with Crippen LogP contribution in [0.3, 0.4) is 0 Å². The number of para-hydroxylation sites is 2. The summed E-state index contributed by atoms with van der Waals surface area (Å²) in [5.41, 5.74) is 10.8. The molecule has 0 saturated heterocycles. The number of thiophene rings is 1. The molecule has 0 unspecified atom stereocenters. The Morgan fingerprint density at radius 2 is 1.00 bits per heavy atom. The van der Waals surface area contributed by atoms with Crippen LogP contribution in [0, 0.1) is 11.3 Å². The molecule has 0 spiro atoms. The molecule has 5 nitrogen and oxygen atoms in total. The van der Waals surface area contributed by atoms with Crippen LogP contribution in [0.5, 0.6) is 0 Å². The van der Waals surface area contributed by atoms with E-state index in [-0.39, 0.29) is 0 Å². The van der Waals surface area contributed by atoms with E-state index >= 15 is 0 Å². The predicted molar refractivity (Wildman–Crippen MR) is 239 cm³/mol. The summed E-state index contributed by atoms with van der Waals surface area (Å²) < 4.78 is 4.86. The third-order valence-corrected chi connectivity index (χ3v) is 12.1. The number of nitriles is 1. The third kappa shape index (κ3) is 5.64. The molecule has 0 N–H and O–H groups in total. The van der Waals surface area contributed by atoms with Crippen LogP contribution in [-0.4, -0.2) is 19.5 Å². The summed E-state index contributed by atoms with van der Waals surface area (Å²) in [6.45, 7) is 0. The van der Waals surface area contributed by atoms with Crippen LogP contribution in [0.25, 0.3) is 104 Å². The molecule has 0 saturated carbocycles. The van der Waals surface area contributed by atoms with E-state index in [1.165, 1.54) is 36.5 Å². The largest absolute Gasteiger partial charge is 0.308 e. The van der Waals surface area contributed by atoms with Gasteiger partial charge >= 0.3 is 0 Å². The maximum Gasteiger partial charge on any atom is 0.166 e. The second kappa shape index (κ2) is 13.8. The number of hydrogen-bond acceptors (Lipinski definition) is 5. The van der Waals surface area contributed by atoms with Crippen LogP contribution < -0.4 is 0 Å². The molecule has 0 atom stereocenters. The zero-order valence-electron chi connectivity index (χ0n) is 31.0. The lowest BCUT2D eigenvalue weighted by Crippen LogP contribution is -2.04. The van der Waals surface area contributed by atoms with E-state index in [9.17, 15) is 5.26 Å². The molecule has 8 aromatic carbocycles. The molecule has 270 valence electrons.